The highest BCUT2D eigenvalue weighted by atomic mass is 32.5. The van der Waals surface area contributed by atoms with Crippen molar-refractivity contribution < 1.29 is 19.4 Å². The molecule has 1 aromatic rings. The van der Waals surface area contributed by atoms with Crippen molar-refractivity contribution in [2.75, 3.05) is 0 Å². The summed E-state index contributed by atoms with van der Waals surface area (Å²) in [6, 6.07) is 3.22. The molecule has 0 saturated heterocycles. The maximum Gasteiger partial charge on any atom is 0.310 e. The highest BCUT2D eigenvalue weighted by Gasteiger charge is 2.65. The van der Waals surface area contributed by atoms with Crippen LogP contribution < -0.4 is 0 Å². The zero-order valence-corrected chi connectivity index (χ0v) is 15.7. The molecule has 0 aromatic heterocycles. The Morgan fingerprint density at radius 3 is 1.77 bits per heavy atom. The van der Waals surface area contributed by atoms with Crippen molar-refractivity contribution in [3.8, 4) is 0 Å². The van der Waals surface area contributed by atoms with Gasteiger partial charge in [0.1, 0.15) is 4.90 Å². The van der Waals surface area contributed by atoms with Crippen LogP contribution in [0.3, 0.4) is 0 Å². The van der Waals surface area contributed by atoms with Crippen LogP contribution in [0.25, 0.3) is 6.08 Å². The molecule has 0 nitrogen and oxygen atoms in total. The van der Waals surface area contributed by atoms with Gasteiger partial charge < -0.3 is 0 Å². The molecular formula is C20H27F5S. The number of benzene rings is 1. The highest BCUT2D eigenvalue weighted by molar-refractivity contribution is 8.45. The first kappa shape index (κ1) is 19.7. The van der Waals surface area contributed by atoms with Crippen LogP contribution >= 0.6 is 10.2 Å². The van der Waals surface area contributed by atoms with Gasteiger partial charge in [0.05, 0.1) is 0 Å². The van der Waals surface area contributed by atoms with Gasteiger partial charge in [0, 0.05) is 0 Å². The summed E-state index contributed by atoms with van der Waals surface area (Å²) in [5.74, 6) is 2.15. The van der Waals surface area contributed by atoms with Crippen LogP contribution in [0.1, 0.15) is 63.4 Å². The summed E-state index contributed by atoms with van der Waals surface area (Å²) in [5.41, 5.74) is 0.532. The molecule has 6 heteroatoms. The lowest BCUT2D eigenvalue weighted by atomic mass is 9.71. The van der Waals surface area contributed by atoms with Crippen molar-refractivity contribution in [2.24, 2.45) is 17.8 Å². The first-order valence-corrected chi connectivity index (χ1v) is 11.5. The molecule has 0 atom stereocenters. The molecule has 0 radical (unpaired) electrons. The van der Waals surface area contributed by atoms with Crippen molar-refractivity contribution in [3.63, 3.8) is 0 Å². The molecule has 0 amide bonds. The summed E-state index contributed by atoms with van der Waals surface area (Å²) in [6.45, 7) is 0. The van der Waals surface area contributed by atoms with E-state index in [0.717, 1.165) is 36.8 Å². The van der Waals surface area contributed by atoms with Gasteiger partial charge in [-0.15, -0.1) is 0 Å². The fraction of sp³-hybridized carbons (Fsp3) is 0.600. The third-order valence-electron chi connectivity index (χ3n) is 6.02. The second-order valence-corrected chi connectivity index (χ2v) is 10.4. The van der Waals surface area contributed by atoms with E-state index in [1.165, 1.54) is 44.9 Å². The fourth-order valence-corrected chi connectivity index (χ4v) is 5.15. The minimum absolute atomic E-state index is 0.435. The molecule has 0 N–H and O–H groups in total. The average molecular weight is 394 g/mol. The van der Waals surface area contributed by atoms with E-state index < -0.39 is 15.1 Å². The maximum absolute atomic E-state index is 12.7. The monoisotopic (exact) mass is 394 g/mol. The molecule has 148 valence electrons. The van der Waals surface area contributed by atoms with Gasteiger partial charge in [0.15, 0.2) is 0 Å². The smallest absolute Gasteiger partial charge is 0.0936 e. The molecule has 0 bridgehead atoms. The molecule has 26 heavy (non-hydrogen) atoms. The van der Waals surface area contributed by atoms with Crippen LogP contribution in [0.15, 0.2) is 35.2 Å². The average Bonchev–Trinajstić information content (AvgIpc) is 2.60. The lowest BCUT2D eigenvalue weighted by molar-refractivity contribution is 0.180. The van der Waals surface area contributed by atoms with Crippen LogP contribution in [0.5, 0.6) is 0 Å². The van der Waals surface area contributed by atoms with Gasteiger partial charge in [-0.1, -0.05) is 75.8 Å². The first-order chi connectivity index (χ1) is 12.0. The lowest BCUT2D eigenvalue weighted by Gasteiger charge is -2.40. The van der Waals surface area contributed by atoms with E-state index in [-0.39, 0.29) is 0 Å². The van der Waals surface area contributed by atoms with Crippen molar-refractivity contribution in [3.05, 3.63) is 35.9 Å². The summed E-state index contributed by atoms with van der Waals surface area (Å²) >= 11 is 0. The fourth-order valence-electron chi connectivity index (χ4n) is 4.50. The quantitative estimate of drug-likeness (QED) is 0.448. The first-order valence-electron chi connectivity index (χ1n) is 9.54. The molecule has 2 saturated carbocycles. The minimum Gasteiger partial charge on any atom is -0.0936 e. The molecule has 0 heterocycles. The Bertz CT molecular complexity index is 633. The van der Waals surface area contributed by atoms with Crippen molar-refractivity contribution in [2.45, 2.75) is 62.7 Å². The molecule has 0 spiro atoms. The van der Waals surface area contributed by atoms with Gasteiger partial charge in [-0.05, 0) is 61.1 Å². The summed E-state index contributed by atoms with van der Waals surface area (Å²) in [5, 5.41) is 0. The summed E-state index contributed by atoms with van der Waals surface area (Å²) in [6.07, 6.45) is 15.3. The van der Waals surface area contributed by atoms with Crippen LogP contribution in [0, 0.1) is 17.8 Å². The van der Waals surface area contributed by atoms with Crippen LogP contribution in [0.4, 0.5) is 19.4 Å². The van der Waals surface area contributed by atoms with Crippen molar-refractivity contribution in [1.29, 1.82) is 0 Å². The van der Waals surface area contributed by atoms with E-state index in [0.29, 0.717) is 23.6 Å². The third kappa shape index (κ3) is 5.24. The Hall–Kier alpha value is -1.04. The topological polar surface area (TPSA) is 0 Å². The van der Waals surface area contributed by atoms with E-state index in [1.807, 2.05) is 6.08 Å². The SMILES string of the molecule is FS(F)(F)(F)(F)c1ccc(/C=C/C2CCC(C3CCCCC3)CC2)cc1. The van der Waals surface area contributed by atoms with Crippen molar-refractivity contribution >= 4 is 16.3 Å². The number of hydrogen-bond acceptors (Lipinski definition) is 0. The zero-order valence-electron chi connectivity index (χ0n) is 14.9. The second kappa shape index (κ2) is 6.54. The molecule has 0 unspecified atom stereocenters. The highest BCUT2D eigenvalue weighted by Crippen LogP contribution is 3.02. The number of hydrogen-bond donors (Lipinski definition) is 0. The second-order valence-electron chi connectivity index (χ2n) is 7.97. The van der Waals surface area contributed by atoms with Gasteiger partial charge in [-0.25, -0.2) is 0 Å². The van der Waals surface area contributed by atoms with Gasteiger partial charge in [-0.2, -0.15) is 0 Å². The van der Waals surface area contributed by atoms with Crippen LogP contribution in [0.2, 0.25) is 0 Å². The summed E-state index contributed by atoms with van der Waals surface area (Å²) < 4.78 is 63.6. The molecular weight excluding hydrogens is 367 g/mol. The zero-order chi connectivity index (χ0) is 18.9. The van der Waals surface area contributed by atoms with Gasteiger partial charge in [-0.3, -0.25) is 0 Å². The number of rotatable bonds is 4. The largest absolute Gasteiger partial charge is 0.310 e. The van der Waals surface area contributed by atoms with Crippen LogP contribution in [-0.2, 0) is 0 Å². The Kier molecular flexibility index (Phi) is 4.96. The minimum atomic E-state index is -9.57. The van der Waals surface area contributed by atoms with E-state index in [4.69, 9.17) is 0 Å². The van der Waals surface area contributed by atoms with Gasteiger partial charge >= 0.3 is 10.2 Å². The Balaban J connectivity index is 1.54. The van der Waals surface area contributed by atoms with Gasteiger partial charge in [0.25, 0.3) is 0 Å². The molecule has 2 aliphatic carbocycles. The predicted octanol–water partition coefficient (Wildman–Crippen LogP) is 8.74. The standard InChI is InChI=1S/C20H27F5S/c21-26(22,23,24,25)20-14-10-17(11-15-20)7-6-16-8-12-19(13-9-16)18-4-2-1-3-5-18/h6-7,10-11,14-16,18-19H,1-5,8-9,12-13H2/b7-6+. The van der Waals surface area contributed by atoms with E-state index in [2.05, 4.69) is 0 Å². The van der Waals surface area contributed by atoms with E-state index in [9.17, 15) is 19.4 Å². The Labute approximate surface area is 152 Å². The molecule has 3 rings (SSSR count). The molecule has 1 aromatic carbocycles. The molecule has 2 aliphatic rings. The lowest BCUT2D eigenvalue weighted by Crippen LogP contribution is -2.23. The van der Waals surface area contributed by atoms with Crippen molar-refractivity contribution in [1.82, 2.24) is 0 Å². The summed E-state index contributed by atoms with van der Waals surface area (Å²) in [4.78, 5) is -1.82. The summed E-state index contributed by atoms with van der Waals surface area (Å²) in [7, 11) is -9.57. The number of allylic oxidation sites excluding steroid dienone is 1. The normalized spacial score (nSPS) is 28.7. The Morgan fingerprint density at radius 1 is 0.692 bits per heavy atom. The predicted molar refractivity (Wildman–Crippen MR) is 98.9 cm³/mol. The third-order valence-corrected chi connectivity index (χ3v) is 7.18. The molecule has 2 fully saturated rings. The molecule has 0 aliphatic heterocycles. The van der Waals surface area contributed by atoms with E-state index >= 15 is 0 Å². The Morgan fingerprint density at radius 2 is 1.23 bits per heavy atom. The number of halogens is 5. The van der Waals surface area contributed by atoms with E-state index in [1.54, 1.807) is 6.08 Å². The maximum atomic E-state index is 12.7. The van der Waals surface area contributed by atoms with Gasteiger partial charge in [0.2, 0.25) is 0 Å². The van der Waals surface area contributed by atoms with Crippen LogP contribution in [-0.4, -0.2) is 0 Å².